The molecule has 0 radical (unpaired) electrons. The summed E-state index contributed by atoms with van der Waals surface area (Å²) in [6.07, 6.45) is 7.10. The van der Waals surface area contributed by atoms with Crippen molar-refractivity contribution < 1.29 is 9.53 Å². The van der Waals surface area contributed by atoms with Crippen molar-refractivity contribution in [1.82, 2.24) is 24.5 Å². The smallest absolute Gasteiger partial charge is 0.259 e. The van der Waals surface area contributed by atoms with Crippen LogP contribution in [0.1, 0.15) is 28.9 Å². The Hall–Kier alpha value is -3.58. The topological polar surface area (TPSA) is 72.6 Å². The first-order valence-corrected chi connectivity index (χ1v) is 10.5. The minimum atomic E-state index is -0.117. The molecule has 3 aromatic heterocycles. The van der Waals surface area contributed by atoms with Gasteiger partial charge in [0.25, 0.3) is 5.91 Å². The molecule has 1 aliphatic rings. The normalized spacial score (nSPS) is 15.9. The van der Waals surface area contributed by atoms with Gasteiger partial charge < -0.3 is 9.64 Å². The number of hydrogen-bond acceptors (Lipinski definition) is 5. The highest BCUT2D eigenvalue weighted by Gasteiger charge is 2.26. The standard InChI is InChI=1S/C24H23N5O2/c30-24(28(17-20-10-6-14-31-20)16-19-9-4-5-12-25-19)21-15-27-29-22(11-13-26-23(21)29)18-7-2-1-3-8-18/h1-5,7-9,11-13,15,20H,6,10,14,16-17H2/t20-/m0/s1. The lowest BCUT2D eigenvalue weighted by atomic mass is 10.1. The van der Waals surface area contributed by atoms with Crippen molar-refractivity contribution in [3.63, 3.8) is 0 Å². The SMILES string of the molecule is O=C(c1cnn2c(-c3ccccc3)ccnc12)N(Cc1ccccn1)C[C@@H]1CCCO1. The van der Waals surface area contributed by atoms with Crippen molar-refractivity contribution in [2.75, 3.05) is 13.2 Å². The van der Waals surface area contributed by atoms with Crippen LogP contribution in [0.25, 0.3) is 16.9 Å². The molecule has 4 heterocycles. The molecule has 1 aliphatic heterocycles. The van der Waals surface area contributed by atoms with E-state index in [1.807, 2.05) is 54.6 Å². The van der Waals surface area contributed by atoms with Crippen molar-refractivity contribution >= 4 is 11.6 Å². The summed E-state index contributed by atoms with van der Waals surface area (Å²) in [5.41, 5.74) is 3.77. The van der Waals surface area contributed by atoms with E-state index >= 15 is 0 Å². The second-order valence-corrected chi connectivity index (χ2v) is 7.63. The van der Waals surface area contributed by atoms with Gasteiger partial charge in [-0.3, -0.25) is 9.78 Å². The van der Waals surface area contributed by atoms with Crippen LogP contribution in [0.2, 0.25) is 0 Å². The van der Waals surface area contributed by atoms with Gasteiger partial charge in [-0.05, 0) is 31.0 Å². The highest BCUT2D eigenvalue weighted by atomic mass is 16.5. The maximum Gasteiger partial charge on any atom is 0.259 e. The lowest BCUT2D eigenvalue weighted by Gasteiger charge is -2.25. The predicted molar refractivity (Wildman–Crippen MR) is 116 cm³/mol. The highest BCUT2D eigenvalue weighted by Crippen LogP contribution is 2.23. The summed E-state index contributed by atoms with van der Waals surface area (Å²) in [4.78, 5) is 24.3. The lowest BCUT2D eigenvalue weighted by Crippen LogP contribution is -2.37. The number of ether oxygens (including phenoxy) is 1. The molecule has 0 unspecified atom stereocenters. The first-order chi connectivity index (χ1) is 15.3. The van der Waals surface area contributed by atoms with Crippen molar-refractivity contribution in [2.45, 2.75) is 25.5 Å². The number of fused-ring (bicyclic) bond motifs is 1. The molecule has 0 N–H and O–H groups in total. The average molecular weight is 413 g/mol. The van der Waals surface area contributed by atoms with Crippen molar-refractivity contribution in [3.05, 3.63) is 84.4 Å². The van der Waals surface area contributed by atoms with Gasteiger partial charge in [0.1, 0.15) is 5.56 Å². The molecule has 7 nitrogen and oxygen atoms in total. The maximum atomic E-state index is 13.6. The van der Waals surface area contributed by atoms with Crippen LogP contribution in [0.15, 0.2) is 73.2 Å². The molecule has 0 spiro atoms. The second-order valence-electron chi connectivity index (χ2n) is 7.63. The Morgan fingerprint density at radius 1 is 1.06 bits per heavy atom. The fourth-order valence-corrected chi connectivity index (χ4v) is 3.98. The van der Waals surface area contributed by atoms with E-state index in [0.29, 0.717) is 24.3 Å². The number of amides is 1. The second kappa shape index (κ2) is 8.65. The summed E-state index contributed by atoms with van der Waals surface area (Å²) >= 11 is 0. The van der Waals surface area contributed by atoms with Gasteiger partial charge in [-0.25, -0.2) is 9.50 Å². The van der Waals surface area contributed by atoms with E-state index in [9.17, 15) is 4.79 Å². The molecule has 1 saturated heterocycles. The Bertz CT molecular complexity index is 1170. The zero-order valence-electron chi connectivity index (χ0n) is 17.1. The van der Waals surface area contributed by atoms with Crippen LogP contribution >= 0.6 is 0 Å². The summed E-state index contributed by atoms with van der Waals surface area (Å²) in [6, 6.07) is 17.6. The van der Waals surface area contributed by atoms with E-state index in [1.54, 1.807) is 28.0 Å². The summed E-state index contributed by atoms with van der Waals surface area (Å²) in [5, 5.41) is 4.50. The van der Waals surface area contributed by atoms with E-state index in [4.69, 9.17) is 4.74 Å². The van der Waals surface area contributed by atoms with Gasteiger partial charge in [0.05, 0.1) is 30.2 Å². The van der Waals surface area contributed by atoms with Crippen LogP contribution in [-0.2, 0) is 11.3 Å². The Morgan fingerprint density at radius 3 is 2.71 bits per heavy atom. The molecule has 0 aliphatic carbocycles. The highest BCUT2D eigenvalue weighted by molar-refractivity contribution is 6.00. The molecule has 1 fully saturated rings. The molecule has 1 amide bonds. The van der Waals surface area contributed by atoms with Crippen LogP contribution in [0.5, 0.6) is 0 Å². The molecule has 1 atom stereocenters. The van der Waals surface area contributed by atoms with Gasteiger partial charge in [0.15, 0.2) is 5.65 Å². The zero-order chi connectivity index (χ0) is 21.0. The monoisotopic (exact) mass is 413 g/mol. The molecular formula is C24H23N5O2. The Morgan fingerprint density at radius 2 is 1.94 bits per heavy atom. The van der Waals surface area contributed by atoms with Crippen LogP contribution in [0.3, 0.4) is 0 Å². The zero-order valence-corrected chi connectivity index (χ0v) is 17.1. The summed E-state index contributed by atoms with van der Waals surface area (Å²) in [5.74, 6) is -0.117. The number of aromatic nitrogens is 4. The number of pyridine rings is 1. The maximum absolute atomic E-state index is 13.6. The quantitative estimate of drug-likeness (QED) is 0.483. The molecule has 4 aromatic rings. The number of carbonyl (C=O) groups excluding carboxylic acids is 1. The Balaban J connectivity index is 1.49. The number of nitrogens with zero attached hydrogens (tertiary/aromatic N) is 5. The van der Waals surface area contributed by atoms with Crippen LogP contribution in [0.4, 0.5) is 0 Å². The minimum absolute atomic E-state index is 0.0438. The molecule has 156 valence electrons. The molecular weight excluding hydrogens is 390 g/mol. The number of rotatable bonds is 6. The molecule has 0 bridgehead atoms. The van der Waals surface area contributed by atoms with Crippen molar-refractivity contribution in [2.24, 2.45) is 0 Å². The summed E-state index contributed by atoms with van der Waals surface area (Å²) in [7, 11) is 0. The van der Waals surface area contributed by atoms with Gasteiger partial charge >= 0.3 is 0 Å². The van der Waals surface area contributed by atoms with Crippen LogP contribution < -0.4 is 0 Å². The van der Waals surface area contributed by atoms with E-state index in [-0.39, 0.29) is 12.0 Å². The third kappa shape index (κ3) is 4.04. The molecule has 5 rings (SSSR count). The Kier molecular flexibility index (Phi) is 5.41. The average Bonchev–Trinajstić information content (AvgIpc) is 3.49. The van der Waals surface area contributed by atoms with Gasteiger partial charge in [0.2, 0.25) is 0 Å². The fraction of sp³-hybridized carbons (Fsp3) is 0.250. The lowest BCUT2D eigenvalue weighted by molar-refractivity contribution is 0.0505. The number of hydrogen-bond donors (Lipinski definition) is 0. The summed E-state index contributed by atoms with van der Waals surface area (Å²) in [6.45, 7) is 1.68. The fourth-order valence-electron chi connectivity index (χ4n) is 3.98. The number of benzene rings is 1. The number of carbonyl (C=O) groups is 1. The first-order valence-electron chi connectivity index (χ1n) is 10.5. The molecule has 0 saturated carbocycles. The molecule has 31 heavy (non-hydrogen) atoms. The predicted octanol–water partition coefficient (Wildman–Crippen LogP) is 3.61. The van der Waals surface area contributed by atoms with E-state index in [1.165, 1.54) is 0 Å². The van der Waals surface area contributed by atoms with Gasteiger partial charge in [-0.2, -0.15) is 5.10 Å². The van der Waals surface area contributed by atoms with Crippen molar-refractivity contribution in [3.8, 4) is 11.3 Å². The molecule has 7 heteroatoms. The van der Waals surface area contributed by atoms with E-state index < -0.39 is 0 Å². The van der Waals surface area contributed by atoms with E-state index in [2.05, 4.69) is 15.1 Å². The van der Waals surface area contributed by atoms with Crippen molar-refractivity contribution in [1.29, 1.82) is 0 Å². The van der Waals surface area contributed by atoms with Crippen LogP contribution in [-0.4, -0.2) is 49.6 Å². The Labute approximate surface area is 180 Å². The third-order valence-corrected chi connectivity index (χ3v) is 5.52. The summed E-state index contributed by atoms with van der Waals surface area (Å²) < 4.78 is 7.53. The molecule has 1 aromatic carbocycles. The van der Waals surface area contributed by atoms with Crippen LogP contribution in [0, 0.1) is 0 Å². The first kappa shape index (κ1) is 19.4. The third-order valence-electron chi connectivity index (χ3n) is 5.52. The largest absolute Gasteiger partial charge is 0.376 e. The van der Waals surface area contributed by atoms with Gasteiger partial charge in [-0.15, -0.1) is 0 Å². The minimum Gasteiger partial charge on any atom is -0.376 e. The van der Waals surface area contributed by atoms with Gasteiger partial charge in [0, 0.05) is 31.1 Å². The van der Waals surface area contributed by atoms with Gasteiger partial charge in [-0.1, -0.05) is 36.4 Å². The van der Waals surface area contributed by atoms with E-state index in [0.717, 1.165) is 36.4 Å².